The van der Waals surface area contributed by atoms with E-state index in [4.69, 9.17) is 4.74 Å². The minimum absolute atomic E-state index is 0.0294. The molecule has 0 heterocycles. The molecule has 0 aliphatic rings. The molecule has 2 rings (SSSR count). The van der Waals surface area contributed by atoms with Crippen molar-refractivity contribution in [1.29, 1.82) is 0 Å². The highest BCUT2D eigenvalue weighted by molar-refractivity contribution is 6.06. The van der Waals surface area contributed by atoms with Gasteiger partial charge in [0.15, 0.2) is 17.3 Å². The van der Waals surface area contributed by atoms with Crippen molar-refractivity contribution in [2.24, 2.45) is 0 Å². The van der Waals surface area contributed by atoms with Crippen LogP contribution >= 0.6 is 0 Å². The molecule has 0 aromatic heterocycles. The molecule has 0 fully saturated rings. The van der Waals surface area contributed by atoms with Crippen molar-refractivity contribution >= 4 is 11.9 Å². The minimum Gasteiger partial charge on any atom is -0.504 e. The van der Waals surface area contributed by atoms with Crippen LogP contribution in [0, 0.1) is 0 Å². The number of aromatic hydroxyl groups is 1. The number of hydrogen-bond donors (Lipinski definition) is 1. The van der Waals surface area contributed by atoms with Crippen molar-refractivity contribution < 1.29 is 27.8 Å². The fraction of sp³-hybridized carbons (Fsp3) is 0.167. The highest BCUT2D eigenvalue weighted by Crippen LogP contribution is 2.30. The Morgan fingerprint density at radius 1 is 1.21 bits per heavy atom. The van der Waals surface area contributed by atoms with Crippen LogP contribution in [-0.4, -0.2) is 17.5 Å². The molecule has 0 aliphatic heterocycles. The van der Waals surface area contributed by atoms with Gasteiger partial charge in [-0.3, -0.25) is 4.79 Å². The van der Waals surface area contributed by atoms with Gasteiger partial charge in [-0.25, -0.2) is 0 Å². The number of halogens is 3. The fourth-order valence-electron chi connectivity index (χ4n) is 2.02. The molecule has 2 aromatic carbocycles. The molecule has 126 valence electrons. The second kappa shape index (κ2) is 7.21. The first-order valence-electron chi connectivity index (χ1n) is 7.16. The van der Waals surface area contributed by atoms with Crippen molar-refractivity contribution in [3.63, 3.8) is 0 Å². The summed E-state index contributed by atoms with van der Waals surface area (Å²) in [6, 6.07) is 8.76. The van der Waals surface area contributed by atoms with Crippen LogP contribution in [0.1, 0.15) is 28.4 Å². The first-order chi connectivity index (χ1) is 11.3. The van der Waals surface area contributed by atoms with Gasteiger partial charge in [0.05, 0.1) is 12.2 Å². The van der Waals surface area contributed by atoms with Gasteiger partial charge in [0.25, 0.3) is 0 Å². The number of ketones is 1. The Labute approximate surface area is 137 Å². The summed E-state index contributed by atoms with van der Waals surface area (Å²) in [5.74, 6) is -0.309. The zero-order chi connectivity index (χ0) is 17.7. The van der Waals surface area contributed by atoms with Crippen molar-refractivity contribution in [3.05, 3.63) is 65.2 Å². The summed E-state index contributed by atoms with van der Waals surface area (Å²) in [5, 5.41) is 9.61. The Kier molecular flexibility index (Phi) is 5.28. The van der Waals surface area contributed by atoms with E-state index in [2.05, 4.69) is 0 Å². The molecule has 24 heavy (non-hydrogen) atoms. The lowest BCUT2D eigenvalue weighted by atomic mass is 10.1. The van der Waals surface area contributed by atoms with Crippen LogP contribution in [0.2, 0.25) is 0 Å². The topological polar surface area (TPSA) is 46.5 Å². The Morgan fingerprint density at radius 3 is 2.62 bits per heavy atom. The molecule has 0 bridgehead atoms. The van der Waals surface area contributed by atoms with Crippen molar-refractivity contribution in [2.75, 3.05) is 6.61 Å². The van der Waals surface area contributed by atoms with Crippen LogP contribution in [0.25, 0.3) is 6.08 Å². The summed E-state index contributed by atoms with van der Waals surface area (Å²) < 4.78 is 43.2. The third-order valence-corrected chi connectivity index (χ3v) is 3.19. The lowest BCUT2D eigenvalue weighted by Crippen LogP contribution is -2.06. The summed E-state index contributed by atoms with van der Waals surface area (Å²) >= 11 is 0. The summed E-state index contributed by atoms with van der Waals surface area (Å²) in [4.78, 5) is 12.0. The van der Waals surface area contributed by atoms with E-state index < -0.39 is 17.5 Å². The zero-order valence-electron chi connectivity index (χ0n) is 12.8. The number of benzene rings is 2. The molecular formula is C18H15F3O3. The average molecular weight is 336 g/mol. The van der Waals surface area contributed by atoms with Crippen LogP contribution in [0.5, 0.6) is 11.5 Å². The zero-order valence-corrected chi connectivity index (χ0v) is 12.8. The fourth-order valence-corrected chi connectivity index (χ4v) is 2.02. The Morgan fingerprint density at radius 2 is 1.96 bits per heavy atom. The number of ether oxygens (including phenoxy) is 1. The van der Waals surface area contributed by atoms with Gasteiger partial charge in [-0.2, -0.15) is 13.2 Å². The van der Waals surface area contributed by atoms with Gasteiger partial charge in [0.2, 0.25) is 0 Å². The van der Waals surface area contributed by atoms with Gasteiger partial charge in [-0.1, -0.05) is 24.3 Å². The van der Waals surface area contributed by atoms with Crippen LogP contribution in [0.15, 0.2) is 48.5 Å². The SMILES string of the molecule is CCOc1cc(/C=C/C(=O)c2cccc(C(F)(F)F)c2)ccc1O. The predicted octanol–water partition coefficient (Wildman–Crippen LogP) is 4.71. The molecule has 0 saturated heterocycles. The summed E-state index contributed by atoms with van der Waals surface area (Å²) in [6.45, 7) is 2.13. The van der Waals surface area contributed by atoms with E-state index in [1.165, 1.54) is 36.4 Å². The summed E-state index contributed by atoms with van der Waals surface area (Å²) in [6.07, 6.45) is -1.87. The number of rotatable bonds is 5. The molecule has 2 aromatic rings. The second-order valence-electron chi connectivity index (χ2n) is 4.94. The normalized spacial score (nSPS) is 11.7. The lowest BCUT2D eigenvalue weighted by Gasteiger charge is -2.07. The smallest absolute Gasteiger partial charge is 0.416 e. The van der Waals surface area contributed by atoms with Gasteiger partial charge in [0, 0.05) is 5.56 Å². The van der Waals surface area contributed by atoms with Crippen molar-refractivity contribution in [1.82, 2.24) is 0 Å². The van der Waals surface area contributed by atoms with E-state index in [0.29, 0.717) is 12.2 Å². The number of phenols is 1. The third kappa shape index (κ3) is 4.38. The van der Waals surface area contributed by atoms with E-state index in [0.717, 1.165) is 12.1 Å². The minimum atomic E-state index is -4.50. The molecule has 0 radical (unpaired) electrons. The Hall–Kier alpha value is -2.76. The Balaban J connectivity index is 2.20. The van der Waals surface area contributed by atoms with E-state index in [1.807, 2.05) is 0 Å². The van der Waals surface area contributed by atoms with Gasteiger partial charge in [0.1, 0.15) is 0 Å². The average Bonchev–Trinajstić information content (AvgIpc) is 2.55. The highest BCUT2D eigenvalue weighted by Gasteiger charge is 2.30. The van der Waals surface area contributed by atoms with E-state index in [-0.39, 0.29) is 17.1 Å². The molecule has 6 heteroatoms. The maximum Gasteiger partial charge on any atom is 0.416 e. The van der Waals surface area contributed by atoms with Crippen LogP contribution in [-0.2, 0) is 6.18 Å². The molecule has 0 saturated carbocycles. The molecular weight excluding hydrogens is 321 g/mol. The monoisotopic (exact) mass is 336 g/mol. The number of hydrogen-bond acceptors (Lipinski definition) is 3. The quantitative estimate of drug-likeness (QED) is 0.635. The summed E-state index contributed by atoms with van der Waals surface area (Å²) in [7, 11) is 0. The van der Waals surface area contributed by atoms with E-state index in [9.17, 15) is 23.1 Å². The second-order valence-corrected chi connectivity index (χ2v) is 4.94. The number of allylic oxidation sites excluding steroid dienone is 1. The lowest BCUT2D eigenvalue weighted by molar-refractivity contribution is -0.137. The predicted molar refractivity (Wildman–Crippen MR) is 84.1 cm³/mol. The van der Waals surface area contributed by atoms with Crippen molar-refractivity contribution in [2.45, 2.75) is 13.1 Å². The van der Waals surface area contributed by atoms with Crippen LogP contribution in [0.4, 0.5) is 13.2 Å². The molecule has 0 aliphatic carbocycles. The standard InChI is InChI=1S/C18H15F3O3/c1-2-24-17-10-12(7-9-16(17)23)6-8-15(22)13-4-3-5-14(11-13)18(19,20)21/h3-11,23H,2H2,1H3/b8-6+. The van der Waals surface area contributed by atoms with Gasteiger partial charge < -0.3 is 9.84 Å². The number of alkyl halides is 3. The van der Waals surface area contributed by atoms with Gasteiger partial charge in [-0.05, 0) is 42.8 Å². The van der Waals surface area contributed by atoms with Gasteiger partial charge in [-0.15, -0.1) is 0 Å². The largest absolute Gasteiger partial charge is 0.504 e. The maximum absolute atomic E-state index is 12.7. The molecule has 0 unspecified atom stereocenters. The molecule has 0 amide bonds. The Bertz CT molecular complexity index is 764. The molecule has 0 spiro atoms. The molecule has 0 atom stereocenters. The first kappa shape index (κ1) is 17.6. The van der Waals surface area contributed by atoms with Gasteiger partial charge >= 0.3 is 6.18 Å². The van der Waals surface area contributed by atoms with Crippen molar-refractivity contribution in [3.8, 4) is 11.5 Å². The number of phenolic OH excluding ortho intramolecular Hbond substituents is 1. The van der Waals surface area contributed by atoms with E-state index in [1.54, 1.807) is 13.0 Å². The molecule has 3 nitrogen and oxygen atoms in total. The number of carbonyl (C=O) groups is 1. The first-order valence-corrected chi connectivity index (χ1v) is 7.16. The highest BCUT2D eigenvalue weighted by atomic mass is 19.4. The van der Waals surface area contributed by atoms with E-state index >= 15 is 0 Å². The third-order valence-electron chi connectivity index (χ3n) is 3.19. The van der Waals surface area contributed by atoms with Crippen LogP contribution in [0.3, 0.4) is 0 Å². The summed E-state index contributed by atoms with van der Waals surface area (Å²) in [5.41, 5.74) is -0.341. The maximum atomic E-state index is 12.7. The molecule has 1 N–H and O–H groups in total. The number of carbonyl (C=O) groups excluding carboxylic acids is 1. The van der Waals surface area contributed by atoms with Crippen LogP contribution < -0.4 is 4.74 Å².